The number of nitrogens with one attached hydrogen (secondary N) is 1. The highest BCUT2D eigenvalue weighted by atomic mass is 32.2. The van der Waals surface area contributed by atoms with Crippen molar-refractivity contribution < 1.29 is 17.9 Å². The summed E-state index contributed by atoms with van der Waals surface area (Å²) in [6.07, 6.45) is 1.68. The third kappa shape index (κ3) is 4.52. The number of hydrogen-bond donors (Lipinski definition) is 1. The minimum Gasteiger partial charge on any atom is -0.496 e. The summed E-state index contributed by atoms with van der Waals surface area (Å²) < 4.78 is 33.1. The second-order valence-corrected chi connectivity index (χ2v) is 10.1. The molecule has 1 aliphatic rings. The molecule has 1 N–H and O–H groups in total. The van der Waals surface area contributed by atoms with Crippen molar-refractivity contribution in [2.24, 2.45) is 5.92 Å². The number of benzene rings is 2. The first-order chi connectivity index (χ1) is 14.1. The molecule has 0 atom stereocenters. The average molecular weight is 431 g/mol. The van der Waals surface area contributed by atoms with E-state index in [2.05, 4.69) is 12.2 Å². The summed E-state index contributed by atoms with van der Waals surface area (Å²) in [5.41, 5.74) is 3.94. The first kappa shape index (κ1) is 22.3. The Kier molecular flexibility index (Phi) is 6.53. The molecule has 30 heavy (non-hydrogen) atoms. The van der Waals surface area contributed by atoms with E-state index in [0.717, 1.165) is 35.2 Å². The monoisotopic (exact) mass is 430 g/mol. The number of aryl methyl sites for hydroxylation is 3. The summed E-state index contributed by atoms with van der Waals surface area (Å²) in [4.78, 5) is 13.2. The molecule has 1 saturated heterocycles. The van der Waals surface area contributed by atoms with Crippen molar-refractivity contribution in [3.8, 4) is 5.75 Å². The van der Waals surface area contributed by atoms with Crippen LogP contribution in [0.1, 0.15) is 46.8 Å². The highest BCUT2D eigenvalue weighted by Crippen LogP contribution is 2.29. The first-order valence-electron chi connectivity index (χ1n) is 10.2. The van der Waals surface area contributed by atoms with Crippen LogP contribution >= 0.6 is 0 Å². The number of amides is 1. The summed E-state index contributed by atoms with van der Waals surface area (Å²) >= 11 is 0. The van der Waals surface area contributed by atoms with Gasteiger partial charge in [0.1, 0.15) is 5.75 Å². The van der Waals surface area contributed by atoms with Crippen LogP contribution in [-0.4, -0.2) is 38.8 Å². The van der Waals surface area contributed by atoms with Gasteiger partial charge < -0.3 is 10.1 Å². The molecule has 2 aromatic carbocycles. The van der Waals surface area contributed by atoms with Gasteiger partial charge in [-0.2, -0.15) is 4.31 Å². The number of sulfonamides is 1. The largest absolute Gasteiger partial charge is 0.496 e. The Hall–Kier alpha value is -2.38. The Labute approximate surface area is 179 Å². The maximum Gasteiger partial charge on any atom is 0.259 e. The topological polar surface area (TPSA) is 75.7 Å². The molecule has 0 aromatic heterocycles. The third-order valence-corrected chi connectivity index (χ3v) is 7.61. The standard InChI is InChI=1S/C23H30N2O4S/c1-15-8-10-25(11-9-15)30(27,28)19-6-7-21(29-5)20(14-19)23(26)24-22-17(3)12-16(2)13-18(22)4/h6-7,12-15H,8-11H2,1-5H3,(H,24,26). The highest BCUT2D eigenvalue weighted by Gasteiger charge is 2.29. The quantitative estimate of drug-likeness (QED) is 0.768. The van der Waals surface area contributed by atoms with E-state index in [4.69, 9.17) is 4.74 Å². The van der Waals surface area contributed by atoms with Gasteiger partial charge in [-0.05, 0) is 68.9 Å². The lowest BCUT2D eigenvalue weighted by atomic mass is 10.0. The second-order valence-electron chi connectivity index (χ2n) is 8.18. The maximum absolute atomic E-state index is 13.1. The third-order valence-electron chi connectivity index (χ3n) is 5.71. The van der Waals surface area contributed by atoms with E-state index in [9.17, 15) is 13.2 Å². The molecule has 7 heteroatoms. The Morgan fingerprint density at radius 2 is 1.67 bits per heavy atom. The van der Waals surface area contributed by atoms with Crippen molar-refractivity contribution in [2.75, 3.05) is 25.5 Å². The minimum absolute atomic E-state index is 0.111. The molecule has 1 fully saturated rings. The zero-order valence-electron chi connectivity index (χ0n) is 18.3. The van der Waals surface area contributed by atoms with Crippen LogP contribution in [0.15, 0.2) is 35.2 Å². The van der Waals surface area contributed by atoms with Crippen molar-refractivity contribution in [2.45, 2.75) is 45.4 Å². The van der Waals surface area contributed by atoms with Gasteiger partial charge in [-0.3, -0.25) is 4.79 Å². The molecular weight excluding hydrogens is 400 g/mol. The molecule has 6 nitrogen and oxygen atoms in total. The predicted molar refractivity (Wildman–Crippen MR) is 119 cm³/mol. The fourth-order valence-corrected chi connectivity index (χ4v) is 5.45. The molecule has 0 saturated carbocycles. The van der Waals surface area contributed by atoms with Crippen LogP contribution < -0.4 is 10.1 Å². The number of carbonyl (C=O) groups excluding carboxylic acids is 1. The van der Waals surface area contributed by atoms with E-state index in [1.807, 2.05) is 32.9 Å². The number of methoxy groups -OCH3 is 1. The van der Waals surface area contributed by atoms with Crippen molar-refractivity contribution in [1.29, 1.82) is 0 Å². The molecule has 0 bridgehead atoms. The summed E-state index contributed by atoms with van der Waals surface area (Å²) in [7, 11) is -2.20. The van der Waals surface area contributed by atoms with E-state index in [1.54, 1.807) is 6.07 Å². The van der Waals surface area contributed by atoms with Gasteiger partial charge >= 0.3 is 0 Å². The first-order valence-corrected chi connectivity index (χ1v) is 11.6. The molecule has 1 heterocycles. The molecule has 3 rings (SSSR count). The zero-order chi connectivity index (χ0) is 22.1. The molecule has 162 valence electrons. The van der Waals surface area contributed by atoms with Crippen molar-refractivity contribution >= 4 is 21.6 Å². The van der Waals surface area contributed by atoms with Gasteiger partial charge in [0.05, 0.1) is 17.6 Å². The van der Waals surface area contributed by atoms with Crippen LogP contribution in [-0.2, 0) is 10.0 Å². The van der Waals surface area contributed by atoms with Gasteiger partial charge in [0, 0.05) is 18.8 Å². The molecule has 2 aromatic rings. The van der Waals surface area contributed by atoms with Gasteiger partial charge in [-0.25, -0.2) is 8.42 Å². The van der Waals surface area contributed by atoms with Crippen LogP contribution in [0, 0.1) is 26.7 Å². The number of anilines is 1. The predicted octanol–water partition coefficient (Wildman–Crippen LogP) is 4.29. The van der Waals surface area contributed by atoms with E-state index < -0.39 is 15.9 Å². The summed E-state index contributed by atoms with van der Waals surface area (Å²) in [6.45, 7) is 9.01. The fourth-order valence-electron chi connectivity index (χ4n) is 3.96. The molecule has 0 unspecified atom stereocenters. The average Bonchev–Trinajstić information content (AvgIpc) is 2.70. The Bertz CT molecular complexity index is 1030. The summed E-state index contributed by atoms with van der Waals surface area (Å²) in [5, 5.41) is 2.93. The van der Waals surface area contributed by atoms with Gasteiger partial charge in [-0.1, -0.05) is 24.6 Å². The van der Waals surface area contributed by atoms with Crippen molar-refractivity contribution in [1.82, 2.24) is 4.31 Å². The number of rotatable bonds is 5. The maximum atomic E-state index is 13.1. The lowest BCUT2D eigenvalue weighted by Crippen LogP contribution is -2.38. The molecule has 0 radical (unpaired) electrons. The summed E-state index contributed by atoms with van der Waals surface area (Å²) in [6, 6.07) is 8.46. The van der Waals surface area contributed by atoms with Gasteiger partial charge in [-0.15, -0.1) is 0 Å². The normalized spacial score (nSPS) is 15.8. The van der Waals surface area contributed by atoms with Gasteiger partial charge in [0.25, 0.3) is 5.91 Å². The number of piperidine rings is 1. The van der Waals surface area contributed by atoms with Crippen LogP contribution in [0.3, 0.4) is 0 Å². The molecule has 1 aliphatic heterocycles. The Balaban J connectivity index is 1.94. The van der Waals surface area contributed by atoms with Crippen LogP contribution in [0.4, 0.5) is 5.69 Å². The van der Waals surface area contributed by atoms with E-state index >= 15 is 0 Å². The highest BCUT2D eigenvalue weighted by molar-refractivity contribution is 7.89. The second kappa shape index (κ2) is 8.78. The van der Waals surface area contributed by atoms with Crippen molar-refractivity contribution in [3.63, 3.8) is 0 Å². The molecular formula is C23H30N2O4S. The van der Waals surface area contributed by atoms with E-state index in [-0.39, 0.29) is 10.5 Å². The molecule has 0 spiro atoms. The van der Waals surface area contributed by atoms with Crippen LogP contribution in [0.2, 0.25) is 0 Å². The molecule has 1 amide bonds. The van der Waals surface area contributed by atoms with E-state index in [1.165, 1.54) is 23.5 Å². The zero-order valence-corrected chi connectivity index (χ0v) is 19.1. The number of hydrogen-bond acceptors (Lipinski definition) is 4. The number of carbonyl (C=O) groups is 1. The Morgan fingerprint density at radius 3 is 2.23 bits per heavy atom. The van der Waals surface area contributed by atoms with Crippen LogP contribution in [0.25, 0.3) is 0 Å². The minimum atomic E-state index is -3.66. The Morgan fingerprint density at radius 1 is 1.07 bits per heavy atom. The lowest BCUT2D eigenvalue weighted by molar-refractivity contribution is 0.102. The lowest BCUT2D eigenvalue weighted by Gasteiger charge is -2.29. The van der Waals surface area contributed by atoms with E-state index in [0.29, 0.717) is 24.8 Å². The number of ether oxygens (including phenoxy) is 1. The smallest absolute Gasteiger partial charge is 0.259 e. The number of nitrogens with zero attached hydrogens (tertiary/aromatic N) is 1. The van der Waals surface area contributed by atoms with Gasteiger partial charge in [0.2, 0.25) is 10.0 Å². The fraction of sp³-hybridized carbons (Fsp3) is 0.435. The van der Waals surface area contributed by atoms with Gasteiger partial charge in [0.15, 0.2) is 0 Å². The van der Waals surface area contributed by atoms with Crippen LogP contribution in [0.5, 0.6) is 5.75 Å². The summed E-state index contributed by atoms with van der Waals surface area (Å²) in [5.74, 6) is 0.460. The SMILES string of the molecule is COc1ccc(S(=O)(=O)N2CCC(C)CC2)cc1C(=O)Nc1c(C)cc(C)cc1C. The van der Waals surface area contributed by atoms with Crippen molar-refractivity contribution in [3.05, 3.63) is 52.6 Å². The molecule has 0 aliphatic carbocycles.